The first-order chi connectivity index (χ1) is 7.46. The highest BCUT2D eigenvalue weighted by Gasteiger charge is 2.50. The lowest BCUT2D eigenvalue weighted by Crippen LogP contribution is -2.67. The summed E-state index contributed by atoms with van der Waals surface area (Å²) in [5.41, 5.74) is 15.8. The Labute approximate surface area is 97.7 Å². The Hall–Kier alpha value is -0.200. The maximum absolute atomic E-state index is 10.6. The molecule has 8 N–H and O–H groups in total. The molecule has 0 aromatic carbocycles. The Balaban J connectivity index is 2.82. The molecule has 5 nitrogen and oxygen atoms in total. The van der Waals surface area contributed by atoms with Crippen molar-refractivity contribution in [3.8, 4) is 0 Å². The van der Waals surface area contributed by atoms with E-state index in [1.165, 1.54) is 6.42 Å². The molecule has 96 valence electrons. The van der Waals surface area contributed by atoms with E-state index in [2.05, 4.69) is 5.32 Å². The Morgan fingerprint density at radius 2 is 1.88 bits per heavy atom. The zero-order chi connectivity index (χ0) is 12.2. The van der Waals surface area contributed by atoms with Crippen LogP contribution in [0.25, 0.3) is 0 Å². The van der Waals surface area contributed by atoms with Gasteiger partial charge in [-0.3, -0.25) is 5.32 Å². The molecule has 1 saturated carbocycles. The Kier molecular flexibility index (Phi) is 4.70. The summed E-state index contributed by atoms with van der Waals surface area (Å²) in [5.74, 6) is 0. The van der Waals surface area contributed by atoms with Crippen molar-refractivity contribution in [3.05, 3.63) is 0 Å². The topological polar surface area (TPSA) is 110 Å². The SMILES string of the molecule is CC(O)(NCCN)C1(C(N)N)CCCCC1. The van der Waals surface area contributed by atoms with Crippen molar-refractivity contribution in [2.45, 2.75) is 50.9 Å². The standard InChI is InChI=1S/C11H26N4O/c1-10(16,15-8-7-12)11(9(13)14)5-3-2-4-6-11/h9,15-16H,2-8,12-14H2,1H3. The predicted molar refractivity (Wildman–Crippen MR) is 65.4 cm³/mol. The van der Waals surface area contributed by atoms with E-state index < -0.39 is 17.3 Å². The van der Waals surface area contributed by atoms with Crippen molar-refractivity contribution in [2.75, 3.05) is 13.1 Å². The van der Waals surface area contributed by atoms with Crippen molar-refractivity contribution in [2.24, 2.45) is 22.6 Å². The number of aliphatic hydroxyl groups is 1. The van der Waals surface area contributed by atoms with E-state index in [9.17, 15) is 5.11 Å². The maximum atomic E-state index is 10.6. The summed E-state index contributed by atoms with van der Waals surface area (Å²) >= 11 is 0. The number of nitrogens with one attached hydrogen (secondary N) is 1. The average Bonchev–Trinajstić information content (AvgIpc) is 2.27. The molecule has 1 aliphatic rings. The summed E-state index contributed by atoms with van der Waals surface area (Å²) in [5, 5.41) is 13.6. The number of hydrogen-bond donors (Lipinski definition) is 5. The van der Waals surface area contributed by atoms with Crippen LogP contribution in [0.15, 0.2) is 0 Å². The van der Waals surface area contributed by atoms with E-state index in [1.54, 1.807) is 6.92 Å². The third-order valence-corrected chi connectivity index (χ3v) is 3.97. The van der Waals surface area contributed by atoms with Gasteiger partial charge in [0.2, 0.25) is 0 Å². The van der Waals surface area contributed by atoms with Crippen molar-refractivity contribution in [1.82, 2.24) is 5.32 Å². The van der Waals surface area contributed by atoms with Crippen LogP contribution in [0.4, 0.5) is 0 Å². The summed E-state index contributed by atoms with van der Waals surface area (Å²) in [4.78, 5) is 0. The lowest BCUT2D eigenvalue weighted by Gasteiger charge is -2.50. The molecule has 0 heterocycles. The highest BCUT2D eigenvalue weighted by atomic mass is 16.3. The molecular formula is C11H26N4O. The molecule has 0 aliphatic heterocycles. The quantitative estimate of drug-likeness (QED) is 0.407. The molecule has 1 rings (SSSR count). The molecule has 0 aromatic rings. The van der Waals surface area contributed by atoms with Gasteiger partial charge in [0, 0.05) is 18.5 Å². The Morgan fingerprint density at radius 3 is 2.31 bits per heavy atom. The second-order valence-electron chi connectivity index (χ2n) is 5.03. The van der Waals surface area contributed by atoms with Crippen LogP contribution in [-0.4, -0.2) is 30.1 Å². The molecule has 0 aromatic heterocycles. The fraction of sp³-hybridized carbons (Fsp3) is 1.00. The molecule has 0 saturated heterocycles. The first-order valence-electron chi connectivity index (χ1n) is 6.15. The van der Waals surface area contributed by atoms with E-state index in [-0.39, 0.29) is 0 Å². The van der Waals surface area contributed by atoms with Gasteiger partial charge in [0.15, 0.2) is 0 Å². The minimum Gasteiger partial charge on any atom is -0.375 e. The number of nitrogens with two attached hydrogens (primary N) is 3. The minimum absolute atomic E-state index is 0.430. The zero-order valence-corrected chi connectivity index (χ0v) is 10.2. The molecule has 0 bridgehead atoms. The molecule has 0 radical (unpaired) electrons. The van der Waals surface area contributed by atoms with E-state index in [0.29, 0.717) is 13.1 Å². The summed E-state index contributed by atoms with van der Waals surface area (Å²) < 4.78 is 0. The predicted octanol–water partition coefficient (Wildman–Crippen LogP) is -0.563. The molecule has 1 fully saturated rings. The summed E-state index contributed by atoms with van der Waals surface area (Å²) in [6, 6.07) is 0. The second kappa shape index (κ2) is 5.42. The number of hydrogen-bond acceptors (Lipinski definition) is 5. The second-order valence-corrected chi connectivity index (χ2v) is 5.03. The lowest BCUT2D eigenvalue weighted by molar-refractivity contribution is -0.126. The van der Waals surface area contributed by atoms with Gasteiger partial charge in [0.05, 0.1) is 6.17 Å². The molecule has 1 aliphatic carbocycles. The van der Waals surface area contributed by atoms with Crippen molar-refractivity contribution < 1.29 is 5.11 Å². The largest absolute Gasteiger partial charge is 0.375 e. The van der Waals surface area contributed by atoms with Gasteiger partial charge in [-0.15, -0.1) is 0 Å². The van der Waals surface area contributed by atoms with Crippen LogP contribution < -0.4 is 22.5 Å². The van der Waals surface area contributed by atoms with E-state index in [4.69, 9.17) is 17.2 Å². The third-order valence-electron chi connectivity index (χ3n) is 3.97. The Bertz CT molecular complexity index is 212. The van der Waals surface area contributed by atoms with Crippen LogP contribution in [0, 0.1) is 5.41 Å². The third kappa shape index (κ3) is 2.55. The van der Waals surface area contributed by atoms with Crippen molar-refractivity contribution in [3.63, 3.8) is 0 Å². The van der Waals surface area contributed by atoms with E-state index in [0.717, 1.165) is 25.7 Å². The summed E-state index contributed by atoms with van der Waals surface area (Å²) in [6.07, 6.45) is 4.58. The van der Waals surface area contributed by atoms with Gasteiger partial charge in [0.1, 0.15) is 5.72 Å². The molecule has 1 atom stereocenters. The first-order valence-corrected chi connectivity index (χ1v) is 6.15. The fourth-order valence-corrected chi connectivity index (χ4v) is 2.82. The summed E-state index contributed by atoms with van der Waals surface area (Å²) in [7, 11) is 0. The smallest absolute Gasteiger partial charge is 0.121 e. The van der Waals surface area contributed by atoms with Crippen LogP contribution in [0.5, 0.6) is 0 Å². The van der Waals surface area contributed by atoms with Gasteiger partial charge in [0.25, 0.3) is 0 Å². The summed E-state index contributed by atoms with van der Waals surface area (Å²) in [6.45, 7) is 2.83. The lowest BCUT2D eigenvalue weighted by atomic mass is 9.65. The highest BCUT2D eigenvalue weighted by Crippen LogP contribution is 2.44. The van der Waals surface area contributed by atoms with Crippen LogP contribution in [-0.2, 0) is 0 Å². The van der Waals surface area contributed by atoms with Gasteiger partial charge in [-0.1, -0.05) is 19.3 Å². The fourth-order valence-electron chi connectivity index (χ4n) is 2.82. The van der Waals surface area contributed by atoms with Crippen molar-refractivity contribution >= 4 is 0 Å². The number of rotatable bonds is 5. The van der Waals surface area contributed by atoms with Gasteiger partial charge in [-0.2, -0.15) is 0 Å². The first kappa shape index (κ1) is 13.9. The highest BCUT2D eigenvalue weighted by molar-refractivity contribution is 5.00. The zero-order valence-electron chi connectivity index (χ0n) is 10.2. The molecule has 0 amide bonds. The monoisotopic (exact) mass is 230 g/mol. The molecule has 5 heteroatoms. The van der Waals surface area contributed by atoms with Crippen LogP contribution >= 0.6 is 0 Å². The molecular weight excluding hydrogens is 204 g/mol. The van der Waals surface area contributed by atoms with Crippen LogP contribution in [0.3, 0.4) is 0 Å². The van der Waals surface area contributed by atoms with Gasteiger partial charge >= 0.3 is 0 Å². The molecule has 0 spiro atoms. The average molecular weight is 230 g/mol. The van der Waals surface area contributed by atoms with Crippen LogP contribution in [0.2, 0.25) is 0 Å². The normalized spacial score (nSPS) is 24.4. The van der Waals surface area contributed by atoms with Gasteiger partial charge in [-0.25, -0.2) is 0 Å². The Morgan fingerprint density at radius 1 is 1.31 bits per heavy atom. The van der Waals surface area contributed by atoms with Crippen LogP contribution in [0.1, 0.15) is 39.0 Å². The minimum atomic E-state index is -1.04. The maximum Gasteiger partial charge on any atom is 0.121 e. The van der Waals surface area contributed by atoms with E-state index in [1.807, 2.05) is 0 Å². The molecule has 1 unspecified atom stereocenters. The molecule has 16 heavy (non-hydrogen) atoms. The van der Waals surface area contributed by atoms with Crippen molar-refractivity contribution in [1.29, 1.82) is 0 Å². The van der Waals surface area contributed by atoms with Gasteiger partial charge in [-0.05, 0) is 19.8 Å². The van der Waals surface area contributed by atoms with Gasteiger partial charge < -0.3 is 22.3 Å². The van der Waals surface area contributed by atoms with E-state index >= 15 is 0 Å².